The Morgan fingerprint density at radius 1 is 1.46 bits per heavy atom. The minimum Gasteiger partial charge on any atom is -0.224 e. The van der Waals surface area contributed by atoms with Crippen LogP contribution in [0.15, 0.2) is 23.1 Å². The van der Waals surface area contributed by atoms with Crippen molar-refractivity contribution in [2.75, 3.05) is 6.26 Å². The number of fused-ring (bicyclic) bond motifs is 1. The first kappa shape index (κ1) is 8.65. The molecule has 0 aliphatic carbocycles. The van der Waals surface area contributed by atoms with Crippen molar-refractivity contribution >= 4 is 31.5 Å². The first-order valence-electron chi connectivity index (χ1n) is 3.54. The minimum atomic E-state index is -3.12. The number of benzene rings is 1. The molecular formula is C8H6NO2S2. The van der Waals surface area contributed by atoms with Gasteiger partial charge in [-0.05, 0) is 29.7 Å². The monoisotopic (exact) mass is 212 g/mol. The molecule has 0 amide bonds. The molecule has 2 rings (SSSR count). The van der Waals surface area contributed by atoms with Gasteiger partial charge in [0.05, 0.1) is 9.60 Å². The van der Waals surface area contributed by atoms with Gasteiger partial charge < -0.3 is 0 Å². The van der Waals surface area contributed by atoms with E-state index in [1.54, 1.807) is 18.2 Å². The lowest BCUT2D eigenvalue weighted by Gasteiger charge is -1.96. The number of sulfone groups is 1. The van der Waals surface area contributed by atoms with Crippen LogP contribution in [0.2, 0.25) is 0 Å². The third kappa shape index (κ3) is 1.57. The maximum atomic E-state index is 11.2. The van der Waals surface area contributed by atoms with Gasteiger partial charge in [0.25, 0.3) is 0 Å². The molecule has 0 aliphatic heterocycles. The van der Waals surface area contributed by atoms with Gasteiger partial charge in [-0.1, -0.05) is 0 Å². The minimum absolute atomic E-state index is 0.316. The molecule has 0 spiro atoms. The number of aromatic nitrogens is 1. The van der Waals surface area contributed by atoms with Crippen molar-refractivity contribution in [1.29, 1.82) is 0 Å². The van der Waals surface area contributed by atoms with Gasteiger partial charge in [-0.25, -0.2) is 8.42 Å². The fourth-order valence-electron chi connectivity index (χ4n) is 1.03. The smallest absolute Gasteiger partial charge is 0.175 e. The van der Waals surface area contributed by atoms with E-state index >= 15 is 0 Å². The van der Waals surface area contributed by atoms with Gasteiger partial charge >= 0.3 is 0 Å². The number of hydrogen-bond donors (Lipinski definition) is 0. The summed E-state index contributed by atoms with van der Waals surface area (Å²) in [6, 6.07) is 4.93. The van der Waals surface area contributed by atoms with Crippen LogP contribution in [-0.4, -0.2) is 19.0 Å². The molecule has 0 aliphatic rings. The molecule has 1 heterocycles. The van der Waals surface area contributed by atoms with Gasteiger partial charge in [0.2, 0.25) is 0 Å². The van der Waals surface area contributed by atoms with Crippen LogP contribution in [0.4, 0.5) is 0 Å². The maximum absolute atomic E-state index is 11.2. The lowest BCUT2D eigenvalue weighted by atomic mass is 10.3. The quantitative estimate of drug-likeness (QED) is 0.719. The topological polar surface area (TPSA) is 47.0 Å². The molecule has 3 nitrogen and oxygen atoms in total. The second kappa shape index (κ2) is 2.78. The van der Waals surface area contributed by atoms with Crippen molar-refractivity contribution in [3.63, 3.8) is 0 Å². The van der Waals surface area contributed by atoms with Crippen LogP contribution in [0.25, 0.3) is 10.1 Å². The summed E-state index contributed by atoms with van der Waals surface area (Å²) in [6.07, 6.45) is 3.92. The molecular weight excluding hydrogens is 206 g/mol. The van der Waals surface area contributed by atoms with E-state index < -0.39 is 9.84 Å². The summed E-state index contributed by atoms with van der Waals surface area (Å²) in [7, 11) is -3.12. The second-order valence-electron chi connectivity index (χ2n) is 2.72. The molecule has 0 unspecified atom stereocenters. The Morgan fingerprint density at radius 2 is 2.23 bits per heavy atom. The predicted octanol–water partition coefficient (Wildman–Crippen LogP) is 1.50. The summed E-state index contributed by atoms with van der Waals surface area (Å²) in [5, 5.41) is 0.757. The number of rotatable bonds is 1. The molecule has 0 saturated carbocycles. The van der Waals surface area contributed by atoms with E-state index in [-0.39, 0.29) is 0 Å². The summed E-state index contributed by atoms with van der Waals surface area (Å²) in [5.41, 5.74) is 0. The number of nitrogens with zero attached hydrogens (tertiary/aromatic N) is 1. The number of hydrogen-bond acceptors (Lipinski definition) is 4. The lowest BCUT2D eigenvalue weighted by molar-refractivity contribution is 0.602. The Bertz CT molecular complexity index is 542. The normalized spacial score (nSPS) is 12.1. The Balaban J connectivity index is 2.75. The Morgan fingerprint density at radius 3 is 2.92 bits per heavy atom. The first-order valence-corrected chi connectivity index (χ1v) is 6.21. The van der Waals surface area contributed by atoms with Crippen LogP contribution in [0.5, 0.6) is 0 Å². The zero-order chi connectivity index (χ0) is 9.47. The van der Waals surface area contributed by atoms with Crippen molar-refractivity contribution < 1.29 is 8.42 Å². The molecule has 0 fully saturated rings. The average Bonchev–Trinajstić information content (AvgIpc) is 2.47. The summed E-state index contributed by atoms with van der Waals surface area (Å²) in [5.74, 6) is 0. The largest absolute Gasteiger partial charge is 0.224 e. The highest BCUT2D eigenvalue weighted by Gasteiger charge is 2.07. The van der Waals surface area contributed by atoms with Gasteiger partial charge in [0.1, 0.15) is 6.20 Å². The zero-order valence-electron chi connectivity index (χ0n) is 6.81. The van der Waals surface area contributed by atoms with Crippen molar-refractivity contribution in [1.82, 2.24) is 4.37 Å². The van der Waals surface area contributed by atoms with Crippen LogP contribution < -0.4 is 0 Å². The van der Waals surface area contributed by atoms with Crippen LogP contribution in [0, 0.1) is 6.20 Å². The third-order valence-corrected chi connectivity index (χ3v) is 3.53. The predicted molar refractivity (Wildman–Crippen MR) is 51.6 cm³/mol. The standard InChI is InChI=1S/C8H6NO2S2/c1-13(10,11)7-2-3-8-6(4-7)5-9-12-8/h2-4H,1H3. The molecule has 0 atom stereocenters. The van der Waals surface area contributed by atoms with Crippen LogP contribution in [0.1, 0.15) is 0 Å². The molecule has 1 radical (unpaired) electrons. The highest BCUT2D eigenvalue weighted by atomic mass is 32.2. The molecule has 1 aromatic heterocycles. The van der Waals surface area contributed by atoms with E-state index in [0.717, 1.165) is 10.1 Å². The summed E-state index contributed by atoms with van der Waals surface area (Å²) >= 11 is 1.31. The fraction of sp³-hybridized carbons (Fsp3) is 0.125. The molecule has 1 aromatic carbocycles. The van der Waals surface area contributed by atoms with Gasteiger partial charge in [0, 0.05) is 11.6 Å². The third-order valence-electron chi connectivity index (χ3n) is 1.69. The van der Waals surface area contributed by atoms with Crippen molar-refractivity contribution in [3.05, 3.63) is 24.4 Å². The van der Waals surface area contributed by atoms with E-state index in [4.69, 9.17) is 0 Å². The highest BCUT2D eigenvalue weighted by Crippen LogP contribution is 2.20. The molecule has 5 heteroatoms. The molecule has 0 N–H and O–H groups in total. The van der Waals surface area contributed by atoms with E-state index in [9.17, 15) is 8.42 Å². The molecule has 2 aromatic rings. The van der Waals surface area contributed by atoms with E-state index in [0.29, 0.717) is 4.90 Å². The molecule has 0 saturated heterocycles. The van der Waals surface area contributed by atoms with E-state index in [1.165, 1.54) is 17.8 Å². The summed E-state index contributed by atoms with van der Waals surface area (Å²) < 4.78 is 27.1. The van der Waals surface area contributed by atoms with Crippen LogP contribution in [-0.2, 0) is 9.84 Å². The van der Waals surface area contributed by atoms with Crippen LogP contribution >= 0.6 is 11.5 Å². The molecule has 0 bridgehead atoms. The van der Waals surface area contributed by atoms with Gasteiger partial charge in [-0.15, -0.1) is 0 Å². The van der Waals surface area contributed by atoms with E-state index in [1.807, 2.05) is 0 Å². The van der Waals surface area contributed by atoms with Gasteiger partial charge in [0.15, 0.2) is 9.84 Å². The SMILES string of the molecule is CS(=O)(=O)c1ccc2sn[c]c2c1. The maximum Gasteiger partial charge on any atom is 0.175 e. The Labute approximate surface area is 80.1 Å². The second-order valence-corrected chi connectivity index (χ2v) is 5.55. The van der Waals surface area contributed by atoms with Crippen LogP contribution in [0.3, 0.4) is 0 Å². The van der Waals surface area contributed by atoms with Crippen molar-refractivity contribution in [3.8, 4) is 0 Å². The van der Waals surface area contributed by atoms with Gasteiger partial charge in [-0.2, -0.15) is 4.37 Å². The lowest BCUT2D eigenvalue weighted by Crippen LogP contribution is -1.95. The Hall–Kier alpha value is -0.940. The van der Waals surface area contributed by atoms with Crippen molar-refractivity contribution in [2.24, 2.45) is 0 Å². The van der Waals surface area contributed by atoms with Crippen molar-refractivity contribution in [2.45, 2.75) is 4.90 Å². The first-order chi connectivity index (χ1) is 6.07. The summed E-state index contributed by atoms with van der Waals surface area (Å²) in [4.78, 5) is 0.316. The molecule has 13 heavy (non-hydrogen) atoms. The summed E-state index contributed by atoms with van der Waals surface area (Å²) in [6.45, 7) is 0. The Kier molecular flexibility index (Phi) is 1.85. The fourth-order valence-corrected chi connectivity index (χ4v) is 2.25. The average molecular weight is 212 g/mol. The highest BCUT2D eigenvalue weighted by molar-refractivity contribution is 7.90. The molecule has 67 valence electrons. The zero-order valence-corrected chi connectivity index (χ0v) is 8.45. The van der Waals surface area contributed by atoms with Gasteiger partial charge in [-0.3, -0.25) is 0 Å². The van der Waals surface area contributed by atoms with E-state index in [2.05, 4.69) is 10.6 Å².